The lowest BCUT2D eigenvalue weighted by atomic mass is 10.1. The number of hydrogen-bond acceptors (Lipinski definition) is 6. The zero-order valence-corrected chi connectivity index (χ0v) is 11.0. The molecule has 0 aromatic carbocycles. The van der Waals surface area contributed by atoms with Crippen molar-refractivity contribution in [2.45, 2.75) is 6.42 Å². The Morgan fingerprint density at radius 1 is 1.67 bits per heavy atom. The van der Waals surface area contributed by atoms with E-state index in [1.54, 1.807) is 0 Å². The summed E-state index contributed by atoms with van der Waals surface area (Å²) in [6.45, 7) is 2.34. The van der Waals surface area contributed by atoms with Crippen molar-refractivity contribution in [2.75, 3.05) is 37.9 Å². The average Bonchev–Trinajstić information content (AvgIpc) is 2.93. The molecule has 2 rings (SSSR count). The zero-order chi connectivity index (χ0) is 13.1. The summed E-state index contributed by atoms with van der Waals surface area (Å²) in [6, 6.07) is 0. The van der Waals surface area contributed by atoms with Gasteiger partial charge >= 0.3 is 0 Å². The Hall–Kier alpha value is -1.47. The highest BCUT2D eigenvalue weighted by Gasteiger charge is 2.21. The molecule has 1 aromatic heterocycles. The number of methoxy groups -OCH3 is 1. The van der Waals surface area contributed by atoms with E-state index in [0.717, 1.165) is 31.2 Å². The van der Waals surface area contributed by atoms with Crippen molar-refractivity contribution in [3.05, 3.63) is 4.88 Å². The monoisotopic (exact) mass is 271 g/mol. The maximum atomic E-state index is 11.2. The zero-order valence-electron chi connectivity index (χ0n) is 10.2. The molecule has 6 nitrogen and oxygen atoms in total. The molecule has 18 heavy (non-hydrogen) atoms. The van der Waals surface area contributed by atoms with Crippen LogP contribution in [-0.4, -0.2) is 32.8 Å². The number of nitrogens with two attached hydrogens (primary N) is 2. The second kappa shape index (κ2) is 5.45. The number of rotatable bonds is 5. The fourth-order valence-electron chi connectivity index (χ4n) is 1.91. The van der Waals surface area contributed by atoms with Crippen LogP contribution in [0.25, 0.3) is 0 Å². The van der Waals surface area contributed by atoms with Crippen LogP contribution in [0.2, 0.25) is 0 Å². The number of primary amides is 1. The summed E-state index contributed by atoms with van der Waals surface area (Å²) in [5, 5.41) is 3.99. The molecule has 2 heterocycles. The topological polar surface area (TPSA) is 99.6 Å². The molecule has 0 radical (unpaired) electrons. The normalized spacial score (nSPS) is 18.8. The molecule has 1 amide bonds. The molecule has 1 unspecified atom stereocenters. The molecule has 7 heteroatoms. The highest BCUT2D eigenvalue weighted by atomic mass is 32.1. The summed E-state index contributed by atoms with van der Waals surface area (Å²) < 4.78 is 10.5. The summed E-state index contributed by atoms with van der Waals surface area (Å²) in [5.74, 6) is 0.441. The average molecular weight is 271 g/mol. The second-order valence-electron chi connectivity index (χ2n) is 4.18. The number of nitrogens with one attached hydrogen (secondary N) is 1. The first-order valence-electron chi connectivity index (χ1n) is 5.71. The molecule has 1 saturated heterocycles. The molecule has 1 aliphatic heterocycles. The van der Waals surface area contributed by atoms with Crippen LogP contribution in [0, 0.1) is 5.92 Å². The lowest BCUT2D eigenvalue weighted by molar-refractivity contribution is 0.100. The van der Waals surface area contributed by atoms with Crippen molar-refractivity contribution in [3.8, 4) is 5.75 Å². The molecule has 100 valence electrons. The number of thiophene rings is 1. The predicted molar refractivity (Wildman–Crippen MR) is 71.2 cm³/mol. The van der Waals surface area contributed by atoms with E-state index in [2.05, 4.69) is 5.32 Å². The van der Waals surface area contributed by atoms with Crippen molar-refractivity contribution < 1.29 is 14.3 Å². The quantitative estimate of drug-likeness (QED) is 0.738. The summed E-state index contributed by atoms with van der Waals surface area (Å²) in [7, 11) is 1.52. The largest absolute Gasteiger partial charge is 0.492 e. The molecule has 1 aliphatic rings. The summed E-state index contributed by atoms with van der Waals surface area (Å²) in [5.41, 5.74) is 11.4. The molecule has 1 atom stereocenters. The van der Waals surface area contributed by atoms with Gasteiger partial charge in [-0.2, -0.15) is 0 Å². The minimum atomic E-state index is -0.534. The lowest BCUT2D eigenvalue weighted by Crippen LogP contribution is -2.13. The third kappa shape index (κ3) is 2.51. The fraction of sp³-hybridized carbons (Fsp3) is 0.545. The van der Waals surface area contributed by atoms with Gasteiger partial charge in [-0.25, -0.2) is 0 Å². The van der Waals surface area contributed by atoms with E-state index in [4.69, 9.17) is 20.9 Å². The molecule has 0 saturated carbocycles. The van der Waals surface area contributed by atoms with Crippen LogP contribution in [0.5, 0.6) is 5.75 Å². The van der Waals surface area contributed by atoms with Gasteiger partial charge in [0.05, 0.1) is 13.7 Å². The van der Waals surface area contributed by atoms with E-state index in [1.807, 2.05) is 0 Å². The maximum Gasteiger partial charge on any atom is 0.261 e. The SMILES string of the molecule is COc1c(NCC2CCOC2)sc(C(N)=O)c1N. The van der Waals surface area contributed by atoms with Gasteiger partial charge in [0.1, 0.15) is 15.6 Å². The van der Waals surface area contributed by atoms with E-state index in [0.29, 0.717) is 22.2 Å². The number of anilines is 2. The van der Waals surface area contributed by atoms with Crippen molar-refractivity contribution in [3.63, 3.8) is 0 Å². The standard InChI is InChI=1S/C11H17N3O3S/c1-16-8-7(12)9(10(13)15)18-11(8)14-4-6-2-3-17-5-6/h6,14H,2-5,12H2,1H3,(H2,13,15). The molecular weight excluding hydrogens is 254 g/mol. The highest BCUT2D eigenvalue weighted by Crippen LogP contribution is 2.42. The number of carbonyl (C=O) groups excluding carboxylic acids is 1. The van der Waals surface area contributed by atoms with E-state index in [1.165, 1.54) is 18.4 Å². The molecule has 5 N–H and O–H groups in total. The van der Waals surface area contributed by atoms with Crippen molar-refractivity contribution in [2.24, 2.45) is 11.7 Å². The Bertz CT molecular complexity index is 441. The molecular formula is C11H17N3O3S. The number of ether oxygens (including phenoxy) is 2. The van der Waals surface area contributed by atoms with Crippen molar-refractivity contribution >= 4 is 27.9 Å². The summed E-state index contributed by atoms with van der Waals surface area (Å²) in [4.78, 5) is 11.5. The van der Waals surface area contributed by atoms with Gasteiger partial charge in [-0.05, 0) is 6.42 Å². The second-order valence-corrected chi connectivity index (χ2v) is 5.20. The lowest BCUT2D eigenvalue weighted by Gasteiger charge is -2.10. The van der Waals surface area contributed by atoms with Crippen LogP contribution in [0.3, 0.4) is 0 Å². The van der Waals surface area contributed by atoms with E-state index >= 15 is 0 Å². The van der Waals surface area contributed by atoms with Crippen molar-refractivity contribution in [1.82, 2.24) is 0 Å². The maximum absolute atomic E-state index is 11.2. The molecule has 1 fully saturated rings. The van der Waals surface area contributed by atoms with Crippen LogP contribution in [0.15, 0.2) is 0 Å². The van der Waals surface area contributed by atoms with Gasteiger partial charge in [0.15, 0.2) is 5.75 Å². The Morgan fingerprint density at radius 2 is 2.44 bits per heavy atom. The Morgan fingerprint density at radius 3 is 3.00 bits per heavy atom. The highest BCUT2D eigenvalue weighted by molar-refractivity contribution is 7.19. The number of carbonyl (C=O) groups is 1. The number of hydrogen-bond donors (Lipinski definition) is 3. The first kappa shape index (κ1) is 13.0. The summed E-state index contributed by atoms with van der Waals surface area (Å²) in [6.07, 6.45) is 1.04. The van der Waals surface area contributed by atoms with Crippen molar-refractivity contribution in [1.29, 1.82) is 0 Å². The minimum Gasteiger partial charge on any atom is -0.492 e. The predicted octanol–water partition coefficient (Wildman–Crippen LogP) is 0.886. The fourth-order valence-corrected chi connectivity index (χ4v) is 2.86. The van der Waals surface area contributed by atoms with Crippen LogP contribution < -0.4 is 21.5 Å². The van der Waals surface area contributed by atoms with E-state index in [-0.39, 0.29) is 0 Å². The first-order chi connectivity index (χ1) is 8.63. The van der Waals surface area contributed by atoms with Gasteiger partial charge in [-0.1, -0.05) is 0 Å². The van der Waals surface area contributed by atoms with Gasteiger partial charge in [0.2, 0.25) is 0 Å². The van der Waals surface area contributed by atoms with Crippen LogP contribution in [-0.2, 0) is 4.74 Å². The molecule has 0 spiro atoms. The van der Waals surface area contributed by atoms with Crippen LogP contribution in [0.4, 0.5) is 10.7 Å². The smallest absolute Gasteiger partial charge is 0.261 e. The Kier molecular flexibility index (Phi) is 3.93. The van der Waals surface area contributed by atoms with Gasteiger partial charge in [0.25, 0.3) is 5.91 Å². The number of nitrogen functional groups attached to an aromatic ring is 1. The van der Waals surface area contributed by atoms with Crippen LogP contribution in [0.1, 0.15) is 16.1 Å². The first-order valence-corrected chi connectivity index (χ1v) is 6.52. The molecule has 0 aliphatic carbocycles. The van der Waals surface area contributed by atoms with Gasteiger partial charge in [-0.15, -0.1) is 11.3 Å². The Labute approximate surface area is 109 Å². The number of amides is 1. The van der Waals surface area contributed by atoms with Gasteiger partial charge < -0.3 is 26.3 Å². The van der Waals surface area contributed by atoms with E-state index in [9.17, 15) is 4.79 Å². The third-order valence-electron chi connectivity index (χ3n) is 2.90. The molecule has 1 aromatic rings. The Balaban J connectivity index is 2.10. The third-order valence-corrected chi connectivity index (χ3v) is 4.06. The van der Waals surface area contributed by atoms with Gasteiger partial charge in [-0.3, -0.25) is 4.79 Å². The van der Waals surface area contributed by atoms with Crippen LogP contribution >= 0.6 is 11.3 Å². The van der Waals surface area contributed by atoms with Gasteiger partial charge in [0, 0.05) is 19.1 Å². The van der Waals surface area contributed by atoms with E-state index < -0.39 is 5.91 Å². The minimum absolute atomic E-state index is 0.306. The summed E-state index contributed by atoms with van der Waals surface area (Å²) >= 11 is 1.23. The molecule has 0 bridgehead atoms.